The highest BCUT2D eigenvalue weighted by molar-refractivity contribution is 5.85. The SMILES string of the molecule is COCC1(C(=O)N(C)Cc2ccc(C)cc2)CCNCC1.Cl. The Kier molecular flexibility index (Phi) is 7.33. The molecule has 1 N–H and O–H groups in total. The van der Waals surface area contributed by atoms with E-state index in [4.69, 9.17) is 4.74 Å². The molecule has 2 rings (SSSR count). The number of amides is 1. The highest BCUT2D eigenvalue weighted by Gasteiger charge is 2.41. The number of halogens is 1. The predicted octanol–water partition coefficient (Wildman–Crippen LogP) is 2.39. The molecule has 4 nitrogen and oxygen atoms in total. The van der Waals surface area contributed by atoms with Crippen LogP contribution in [0.1, 0.15) is 24.0 Å². The zero-order valence-electron chi connectivity index (χ0n) is 13.7. The van der Waals surface area contributed by atoms with Gasteiger partial charge in [0.2, 0.25) is 5.91 Å². The van der Waals surface area contributed by atoms with Crippen molar-refractivity contribution in [3.8, 4) is 0 Å². The maximum Gasteiger partial charge on any atom is 0.231 e. The van der Waals surface area contributed by atoms with Crippen molar-refractivity contribution in [2.24, 2.45) is 5.41 Å². The summed E-state index contributed by atoms with van der Waals surface area (Å²) in [6.45, 7) is 4.99. The molecule has 1 aromatic rings. The third-order valence-corrected chi connectivity index (χ3v) is 4.32. The van der Waals surface area contributed by atoms with E-state index >= 15 is 0 Å². The highest BCUT2D eigenvalue weighted by atomic mass is 35.5. The van der Waals surface area contributed by atoms with Gasteiger partial charge in [-0.05, 0) is 38.4 Å². The zero-order valence-corrected chi connectivity index (χ0v) is 14.5. The molecule has 0 aliphatic carbocycles. The summed E-state index contributed by atoms with van der Waals surface area (Å²) in [5, 5.41) is 3.32. The van der Waals surface area contributed by atoms with Gasteiger partial charge >= 0.3 is 0 Å². The lowest BCUT2D eigenvalue weighted by Crippen LogP contribution is -2.50. The van der Waals surface area contributed by atoms with Crippen LogP contribution in [-0.2, 0) is 16.1 Å². The summed E-state index contributed by atoms with van der Waals surface area (Å²) in [6, 6.07) is 8.35. The van der Waals surface area contributed by atoms with Crippen molar-refractivity contribution >= 4 is 18.3 Å². The van der Waals surface area contributed by atoms with E-state index in [0.717, 1.165) is 31.5 Å². The number of piperidine rings is 1. The molecular formula is C17H27ClN2O2. The minimum Gasteiger partial charge on any atom is -0.384 e. The van der Waals surface area contributed by atoms with Crippen LogP contribution in [0.25, 0.3) is 0 Å². The Hall–Kier alpha value is -1.10. The molecule has 0 aromatic heterocycles. The number of rotatable bonds is 5. The quantitative estimate of drug-likeness (QED) is 0.903. The second kappa shape index (κ2) is 8.51. The zero-order chi connectivity index (χ0) is 15.3. The first-order valence-electron chi connectivity index (χ1n) is 7.58. The molecule has 22 heavy (non-hydrogen) atoms. The molecule has 1 aromatic carbocycles. The summed E-state index contributed by atoms with van der Waals surface area (Å²) < 4.78 is 5.35. The first-order valence-corrected chi connectivity index (χ1v) is 7.58. The molecule has 1 saturated heterocycles. The molecule has 1 aliphatic heterocycles. The standard InChI is InChI=1S/C17H26N2O2.ClH/c1-14-4-6-15(7-5-14)12-19(2)16(20)17(13-21-3)8-10-18-11-9-17;/h4-7,18H,8-13H2,1-3H3;1H. The highest BCUT2D eigenvalue weighted by Crippen LogP contribution is 2.31. The van der Waals surface area contributed by atoms with Crippen molar-refractivity contribution in [3.05, 3.63) is 35.4 Å². The van der Waals surface area contributed by atoms with Gasteiger partial charge in [0.15, 0.2) is 0 Å². The number of nitrogens with zero attached hydrogens (tertiary/aromatic N) is 1. The molecule has 1 fully saturated rings. The number of hydrogen-bond donors (Lipinski definition) is 1. The first kappa shape index (κ1) is 18.9. The van der Waals surface area contributed by atoms with Gasteiger partial charge in [-0.3, -0.25) is 4.79 Å². The molecule has 1 heterocycles. The van der Waals surface area contributed by atoms with Crippen molar-refractivity contribution in [1.82, 2.24) is 10.2 Å². The van der Waals surface area contributed by atoms with Crippen molar-refractivity contribution in [1.29, 1.82) is 0 Å². The van der Waals surface area contributed by atoms with Crippen molar-refractivity contribution in [2.45, 2.75) is 26.3 Å². The second-order valence-electron chi connectivity index (χ2n) is 6.11. The minimum absolute atomic E-state index is 0. The molecule has 0 radical (unpaired) electrons. The Balaban J connectivity index is 0.00000242. The fourth-order valence-corrected chi connectivity index (χ4v) is 3.05. The number of ether oxygens (including phenoxy) is 1. The normalized spacial score (nSPS) is 16.7. The van der Waals surface area contributed by atoms with Gasteiger partial charge in [-0.2, -0.15) is 0 Å². The summed E-state index contributed by atoms with van der Waals surface area (Å²) in [5.41, 5.74) is 2.04. The monoisotopic (exact) mass is 326 g/mol. The van der Waals surface area contributed by atoms with E-state index in [0.29, 0.717) is 13.2 Å². The van der Waals surface area contributed by atoms with Gasteiger partial charge < -0.3 is 15.0 Å². The molecule has 0 atom stereocenters. The van der Waals surface area contributed by atoms with Gasteiger partial charge in [-0.15, -0.1) is 12.4 Å². The predicted molar refractivity (Wildman–Crippen MR) is 91.3 cm³/mol. The van der Waals surface area contributed by atoms with Crippen LogP contribution in [0.3, 0.4) is 0 Å². The average molecular weight is 327 g/mol. The molecule has 5 heteroatoms. The molecule has 124 valence electrons. The average Bonchev–Trinajstić information content (AvgIpc) is 2.50. The van der Waals surface area contributed by atoms with E-state index in [2.05, 4.69) is 36.5 Å². The van der Waals surface area contributed by atoms with Crippen molar-refractivity contribution in [2.75, 3.05) is 33.9 Å². The Bertz CT molecular complexity index is 465. The lowest BCUT2D eigenvalue weighted by molar-refractivity contribution is -0.146. The van der Waals surface area contributed by atoms with Crippen LogP contribution in [0.5, 0.6) is 0 Å². The van der Waals surface area contributed by atoms with E-state index < -0.39 is 0 Å². The van der Waals surface area contributed by atoms with E-state index in [1.807, 2.05) is 11.9 Å². The van der Waals surface area contributed by atoms with Crippen LogP contribution in [0, 0.1) is 12.3 Å². The summed E-state index contributed by atoms with van der Waals surface area (Å²) >= 11 is 0. The Labute approximate surface area is 139 Å². The minimum atomic E-state index is -0.362. The largest absolute Gasteiger partial charge is 0.384 e. The number of hydrogen-bond acceptors (Lipinski definition) is 3. The fraction of sp³-hybridized carbons (Fsp3) is 0.588. The second-order valence-corrected chi connectivity index (χ2v) is 6.11. The van der Waals surface area contributed by atoms with Gasteiger partial charge in [0.05, 0.1) is 12.0 Å². The molecule has 1 aliphatic rings. The first-order chi connectivity index (χ1) is 10.1. The molecule has 0 bridgehead atoms. The molecule has 0 saturated carbocycles. The van der Waals surface area contributed by atoms with Gasteiger partial charge in [0.25, 0.3) is 0 Å². The Morgan fingerprint density at radius 1 is 1.27 bits per heavy atom. The fourth-order valence-electron chi connectivity index (χ4n) is 3.05. The van der Waals surface area contributed by atoms with E-state index in [1.54, 1.807) is 7.11 Å². The third kappa shape index (κ3) is 4.45. The van der Waals surface area contributed by atoms with E-state index in [9.17, 15) is 4.79 Å². The summed E-state index contributed by atoms with van der Waals surface area (Å²) in [6.07, 6.45) is 1.69. The van der Waals surface area contributed by atoms with Crippen LogP contribution in [0.15, 0.2) is 24.3 Å². The third-order valence-electron chi connectivity index (χ3n) is 4.32. The van der Waals surface area contributed by atoms with Crippen molar-refractivity contribution in [3.63, 3.8) is 0 Å². The number of benzene rings is 1. The topological polar surface area (TPSA) is 41.6 Å². The van der Waals surface area contributed by atoms with E-state index in [-0.39, 0.29) is 23.7 Å². The number of nitrogens with one attached hydrogen (secondary N) is 1. The van der Waals surface area contributed by atoms with Crippen LogP contribution >= 0.6 is 12.4 Å². The van der Waals surface area contributed by atoms with Crippen LogP contribution in [0.4, 0.5) is 0 Å². The molecule has 0 unspecified atom stereocenters. The number of aryl methyl sites for hydroxylation is 1. The van der Waals surface area contributed by atoms with Crippen LogP contribution < -0.4 is 5.32 Å². The summed E-state index contributed by atoms with van der Waals surface area (Å²) in [4.78, 5) is 14.7. The summed E-state index contributed by atoms with van der Waals surface area (Å²) in [5.74, 6) is 0.200. The van der Waals surface area contributed by atoms with Gasteiger partial charge in [0, 0.05) is 20.7 Å². The van der Waals surface area contributed by atoms with Crippen LogP contribution in [-0.4, -0.2) is 44.7 Å². The maximum atomic E-state index is 12.9. The molecule has 1 amide bonds. The van der Waals surface area contributed by atoms with Gasteiger partial charge in [-0.1, -0.05) is 29.8 Å². The number of carbonyl (C=O) groups excluding carboxylic acids is 1. The molecular weight excluding hydrogens is 300 g/mol. The van der Waals surface area contributed by atoms with Gasteiger partial charge in [-0.25, -0.2) is 0 Å². The van der Waals surface area contributed by atoms with Crippen LogP contribution in [0.2, 0.25) is 0 Å². The lowest BCUT2D eigenvalue weighted by Gasteiger charge is -2.38. The van der Waals surface area contributed by atoms with E-state index in [1.165, 1.54) is 5.56 Å². The number of methoxy groups -OCH3 is 1. The lowest BCUT2D eigenvalue weighted by atomic mass is 9.78. The number of carbonyl (C=O) groups is 1. The molecule has 0 spiro atoms. The van der Waals surface area contributed by atoms with Crippen molar-refractivity contribution < 1.29 is 9.53 Å². The van der Waals surface area contributed by atoms with Gasteiger partial charge in [0.1, 0.15) is 0 Å². The smallest absolute Gasteiger partial charge is 0.231 e. The summed E-state index contributed by atoms with van der Waals surface area (Å²) in [7, 11) is 3.57. The Morgan fingerprint density at radius 2 is 1.86 bits per heavy atom. The Morgan fingerprint density at radius 3 is 2.41 bits per heavy atom. The maximum absolute atomic E-state index is 12.9.